The largest absolute Gasteiger partial charge is 0.373 e. The van der Waals surface area contributed by atoms with Crippen LogP contribution in [0, 0.1) is 11.7 Å². The van der Waals surface area contributed by atoms with Crippen LogP contribution in [0.1, 0.15) is 56.0 Å². The van der Waals surface area contributed by atoms with Gasteiger partial charge in [0.2, 0.25) is 11.8 Å². The van der Waals surface area contributed by atoms with Gasteiger partial charge in [0.25, 0.3) is 0 Å². The molecule has 1 aromatic carbocycles. The molecule has 2 amide bonds. The van der Waals surface area contributed by atoms with Crippen LogP contribution in [0.2, 0.25) is 0 Å². The quantitative estimate of drug-likeness (QED) is 0.742. The molecule has 8 heteroatoms. The van der Waals surface area contributed by atoms with Crippen molar-refractivity contribution in [2.75, 3.05) is 30.9 Å². The first-order valence-corrected chi connectivity index (χ1v) is 11.3. The molecule has 7 nitrogen and oxygen atoms in total. The summed E-state index contributed by atoms with van der Waals surface area (Å²) in [6, 6.07) is 7.81. The Morgan fingerprint density at radius 3 is 2.59 bits per heavy atom. The Morgan fingerprint density at radius 1 is 1.19 bits per heavy atom. The SMILES string of the molecule is CNc1cc(C2CC(=O)N(c3ccc(F)cc3)C2)nc(CN(C)C(=O)C2CCCCC2)n1. The number of anilines is 2. The van der Waals surface area contributed by atoms with Crippen LogP contribution in [0.25, 0.3) is 0 Å². The van der Waals surface area contributed by atoms with E-state index >= 15 is 0 Å². The van der Waals surface area contributed by atoms with E-state index in [1.807, 2.05) is 6.07 Å². The Morgan fingerprint density at radius 2 is 1.91 bits per heavy atom. The van der Waals surface area contributed by atoms with Crippen molar-refractivity contribution >= 4 is 23.3 Å². The molecule has 0 spiro atoms. The van der Waals surface area contributed by atoms with Gasteiger partial charge >= 0.3 is 0 Å². The van der Waals surface area contributed by atoms with Crippen molar-refractivity contribution in [3.8, 4) is 0 Å². The Bertz CT molecular complexity index is 975. The molecule has 32 heavy (non-hydrogen) atoms. The molecule has 1 aromatic heterocycles. The number of nitrogens with one attached hydrogen (secondary N) is 1. The maximum absolute atomic E-state index is 13.3. The number of carbonyl (C=O) groups is 2. The summed E-state index contributed by atoms with van der Waals surface area (Å²) in [5.74, 6) is 1.03. The van der Waals surface area contributed by atoms with Crippen LogP contribution in [0.5, 0.6) is 0 Å². The number of hydrogen-bond acceptors (Lipinski definition) is 5. The minimum Gasteiger partial charge on any atom is -0.373 e. The number of nitrogens with zero attached hydrogens (tertiary/aromatic N) is 4. The van der Waals surface area contributed by atoms with Gasteiger partial charge in [-0.05, 0) is 37.1 Å². The van der Waals surface area contributed by atoms with E-state index in [4.69, 9.17) is 4.98 Å². The average molecular weight is 440 g/mol. The highest BCUT2D eigenvalue weighted by Gasteiger charge is 2.33. The Kier molecular flexibility index (Phi) is 6.67. The van der Waals surface area contributed by atoms with Gasteiger partial charge in [-0.2, -0.15) is 0 Å². The van der Waals surface area contributed by atoms with Gasteiger partial charge < -0.3 is 15.1 Å². The molecule has 1 aliphatic heterocycles. The summed E-state index contributed by atoms with van der Waals surface area (Å²) >= 11 is 0. The van der Waals surface area contributed by atoms with Gasteiger partial charge in [0.1, 0.15) is 17.5 Å². The number of carbonyl (C=O) groups excluding carboxylic acids is 2. The smallest absolute Gasteiger partial charge is 0.227 e. The third-order valence-electron chi connectivity index (χ3n) is 6.44. The topological polar surface area (TPSA) is 78.4 Å². The molecule has 2 aliphatic rings. The van der Waals surface area contributed by atoms with Gasteiger partial charge in [-0.25, -0.2) is 14.4 Å². The van der Waals surface area contributed by atoms with Crippen LogP contribution >= 0.6 is 0 Å². The van der Waals surface area contributed by atoms with E-state index < -0.39 is 0 Å². The van der Waals surface area contributed by atoms with E-state index in [-0.39, 0.29) is 29.5 Å². The summed E-state index contributed by atoms with van der Waals surface area (Å²) in [6.45, 7) is 0.807. The number of hydrogen-bond donors (Lipinski definition) is 1. The van der Waals surface area contributed by atoms with Gasteiger partial charge in [-0.3, -0.25) is 9.59 Å². The highest BCUT2D eigenvalue weighted by atomic mass is 19.1. The minimum atomic E-state index is -0.331. The van der Waals surface area contributed by atoms with Gasteiger partial charge in [0, 0.05) is 50.7 Å². The summed E-state index contributed by atoms with van der Waals surface area (Å²) in [6.07, 6.45) is 5.67. The van der Waals surface area contributed by atoms with Crippen molar-refractivity contribution in [2.45, 2.75) is 51.0 Å². The maximum atomic E-state index is 13.3. The summed E-state index contributed by atoms with van der Waals surface area (Å²) < 4.78 is 13.3. The maximum Gasteiger partial charge on any atom is 0.227 e. The van der Waals surface area contributed by atoms with Crippen molar-refractivity contribution in [3.63, 3.8) is 0 Å². The van der Waals surface area contributed by atoms with Crippen molar-refractivity contribution in [3.05, 3.63) is 47.7 Å². The van der Waals surface area contributed by atoms with Crippen molar-refractivity contribution < 1.29 is 14.0 Å². The van der Waals surface area contributed by atoms with E-state index in [9.17, 15) is 14.0 Å². The van der Waals surface area contributed by atoms with Crippen molar-refractivity contribution in [1.29, 1.82) is 0 Å². The molecule has 1 atom stereocenters. The van der Waals surface area contributed by atoms with Crippen LogP contribution in [-0.2, 0) is 16.1 Å². The average Bonchev–Trinajstić information content (AvgIpc) is 3.21. The second-order valence-corrected chi connectivity index (χ2v) is 8.76. The second kappa shape index (κ2) is 9.63. The number of halogens is 1. The molecule has 0 radical (unpaired) electrons. The zero-order valence-corrected chi connectivity index (χ0v) is 18.7. The molecule has 2 aromatic rings. The Hall–Kier alpha value is -3.03. The highest BCUT2D eigenvalue weighted by Crippen LogP contribution is 2.32. The van der Waals surface area contributed by atoms with Crippen LogP contribution in [0.15, 0.2) is 30.3 Å². The fourth-order valence-corrected chi connectivity index (χ4v) is 4.65. The molecule has 1 unspecified atom stereocenters. The summed E-state index contributed by atoms with van der Waals surface area (Å²) in [7, 11) is 3.60. The molecule has 4 rings (SSSR count). The standard InChI is InChI=1S/C24H30FN5O2/c1-26-21-13-20(17-12-23(31)30(14-17)19-10-8-18(25)9-11-19)27-22(28-21)15-29(2)24(32)16-6-4-3-5-7-16/h8-11,13,16-17H,3-7,12,14-15H2,1-2H3,(H,26,27,28). The lowest BCUT2D eigenvalue weighted by Gasteiger charge is -2.26. The van der Waals surface area contributed by atoms with Gasteiger partial charge in [0.15, 0.2) is 0 Å². The van der Waals surface area contributed by atoms with Gasteiger partial charge in [0.05, 0.1) is 12.2 Å². The summed E-state index contributed by atoms with van der Waals surface area (Å²) in [4.78, 5) is 38.1. The molecule has 2 fully saturated rings. The molecule has 0 bridgehead atoms. The molecular weight excluding hydrogens is 409 g/mol. The van der Waals surface area contributed by atoms with Gasteiger partial charge in [-0.1, -0.05) is 19.3 Å². The Balaban J connectivity index is 1.50. The highest BCUT2D eigenvalue weighted by molar-refractivity contribution is 5.96. The fraction of sp³-hybridized carbons (Fsp3) is 0.500. The Labute approximate surface area is 188 Å². The molecule has 2 heterocycles. The van der Waals surface area contributed by atoms with E-state index in [1.54, 1.807) is 36.0 Å². The lowest BCUT2D eigenvalue weighted by molar-refractivity contribution is -0.135. The molecular formula is C24H30FN5O2. The van der Waals surface area contributed by atoms with Gasteiger partial charge in [-0.15, -0.1) is 0 Å². The predicted molar refractivity (Wildman–Crippen MR) is 121 cm³/mol. The van der Waals surface area contributed by atoms with Crippen molar-refractivity contribution in [1.82, 2.24) is 14.9 Å². The molecule has 170 valence electrons. The zero-order chi connectivity index (χ0) is 22.7. The second-order valence-electron chi connectivity index (χ2n) is 8.76. The van der Waals surface area contributed by atoms with E-state index in [1.165, 1.54) is 18.6 Å². The first-order chi connectivity index (χ1) is 15.4. The molecule has 1 saturated carbocycles. The monoisotopic (exact) mass is 439 g/mol. The minimum absolute atomic E-state index is 0.0163. The number of amides is 2. The van der Waals surface area contributed by atoms with Crippen LogP contribution in [-0.4, -0.2) is 47.3 Å². The van der Waals surface area contributed by atoms with Crippen LogP contribution in [0.4, 0.5) is 15.9 Å². The lowest BCUT2D eigenvalue weighted by atomic mass is 9.88. The third-order valence-corrected chi connectivity index (χ3v) is 6.44. The predicted octanol–water partition coefficient (Wildman–Crippen LogP) is 3.72. The lowest BCUT2D eigenvalue weighted by Crippen LogP contribution is -2.34. The van der Waals surface area contributed by atoms with E-state index in [0.29, 0.717) is 36.8 Å². The number of rotatable bonds is 6. The summed E-state index contributed by atoms with van der Waals surface area (Å²) in [5.41, 5.74) is 1.45. The zero-order valence-electron chi connectivity index (χ0n) is 18.7. The molecule has 1 N–H and O–H groups in total. The first kappa shape index (κ1) is 22.2. The summed E-state index contributed by atoms with van der Waals surface area (Å²) in [5, 5.41) is 3.06. The molecule has 1 saturated heterocycles. The van der Waals surface area contributed by atoms with Crippen molar-refractivity contribution in [2.24, 2.45) is 5.92 Å². The van der Waals surface area contributed by atoms with E-state index in [0.717, 1.165) is 31.4 Å². The number of benzene rings is 1. The first-order valence-electron chi connectivity index (χ1n) is 11.3. The van der Waals surface area contributed by atoms with Crippen LogP contribution < -0.4 is 10.2 Å². The van der Waals surface area contributed by atoms with E-state index in [2.05, 4.69) is 10.3 Å². The normalized spacial score (nSPS) is 19.3. The third kappa shape index (κ3) is 4.89. The van der Waals surface area contributed by atoms with Crippen LogP contribution in [0.3, 0.4) is 0 Å². The number of aromatic nitrogens is 2. The fourth-order valence-electron chi connectivity index (χ4n) is 4.65. The molecule has 1 aliphatic carbocycles.